The molecule has 1 unspecified atom stereocenters. The van der Waals surface area contributed by atoms with Crippen LogP contribution in [0.5, 0.6) is 5.75 Å². The molecule has 0 N–H and O–H groups in total. The summed E-state index contributed by atoms with van der Waals surface area (Å²) in [5.41, 5.74) is 0.808. The van der Waals surface area contributed by atoms with E-state index in [0.717, 1.165) is 5.56 Å². The van der Waals surface area contributed by atoms with Gasteiger partial charge in [-0.25, -0.2) is 0 Å². The molecule has 0 saturated heterocycles. The number of benzene rings is 1. The molecule has 16 heavy (non-hydrogen) atoms. The van der Waals surface area contributed by atoms with Gasteiger partial charge in [-0.2, -0.15) is 0 Å². The number of hydrogen-bond acceptors (Lipinski definition) is 3. The SMILES string of the molecule is CCC(Oc1ccc(Cl)cc1C)C(=O)[O-].[K+]. The average molecular weight is 267 g/mol. The molecule has 82 valence electrons. The largest absolute Gasteiger partial charge is 1.00 e. The van der Waals surface area contributed by atoms with E-state index in [9.17, 15) is 9.90 Å². The van der Waals surface area contributed by atoms with Crippen LogP contribution in [-0.2, 0) is 4.79 Å². The number of halogens is 1. The Balaban J connectivity index is 0.00000225. The number of aliphatic carboxylic acids is 1. The van der Waals surface area contributed by atoms with Gasteiger partial charge < -0.3 is 14.6 Å². The van der Waals surface area contributed by atoms with E-state index < -0.39 is 12.1 Å². The van der Waals surface area contributed by atoms with E-state index in [1.54, 1.807) is 25.1 Å². The van der Waals surface area contributed by atoms with Crippen molar-refractivity contribution in [3.8, 4) is 5.75 Å². The number of carboxylic acids is 1. The zero-order valence-electron chi connectivity index (χ0n) is 9.62. The van der Waals surface area contributed by atoms with Crippen LogP contribution in [0.2, 0.25) is 5.02 Å². The Morgan fingerprint density at radius 2 is 2.19 bits per heavy atom. The fourth-order valence-electron chi connectivity index (χ4n) is 1.20. The van der Waals surface area contributed by atoms with Gasteiger partial charge in [0.2, 0.25) is 0 Å². The molecule has 0 amide bonds. The zero-order chi connectivity index (χ0) is 11.4. The van der Waals surface area contributed by atoms with E-state index in [4.69, 9.17) is 16.3 Å². The Morgan fingerprint density at radius 1 is 1.56 bits per heavy atom. The van der Waals surface area contributed by atoms with Gasteiger partial charge in [-0.3, -0.25) is 0 Å². The summed E-state index contributed by atoms with van der Waals surface area (Å²) in [7, 11) is 0. The molecule has 0 bridgehead atoms. The maximum atomic E-state index is 10.7. The first kappa shape index (κ1) is 16.4. The van der Waals surface area contributed by atoms with Crippen molar-refractivity contribution in [1.29, 1.82) is 0 Å². The van der Waals surface area contributed by atoms with Crippen molar-refractivity contribution >= 4 is 17.6 Å². The molecule has 0 radical (unpaired) electrons. The molecule has 0 aromatic heterocycles. The van der Waals surface area contributed by atoms with Gasteiger partial charge >= 0.3 is 51.4 Å². The number of rotatable bonds is 4. The predicted molar refractivity (Wildman–Crippen MR) is 55.9 cm³/mol. The normalized spacial score (nSPS) is 11.4. The molecule has 1 aromatic rings. The summed E-state index contributed by atoms with van der Waals surface area (Å²) in [4.78, 5) is 10.7. The summed E-state index contributed by atoms with van der Waals surface area (Å²) in [5.74, 6) is -0.678. The number of carbonyl (C=O) groups is 1. The molecule has 0 aliphatic rings. The Hall–Kier alpha value is 0.416. The summed E-state index contributed by atoms with van der Waals surface area (Å²) >= 11 is 5.77. The first-order valence-corrected chi connectivity index (χ1v) is 5.06. The number of carbonyl (C=O) groups excluding carboxylic acids is 1. The molecule has 1 rings (SSSR count). The van der Waals surface area contributed by atoms with Crippen molar-refractivity contribution < 1.29 is 66.0 Å². The van der Waals surface area contributed by atoms with Crippen molar-refractivity contribution in [3.05, 3.63) is 28.8 Å². The van der Waals surface area contributed by atoms with Crippen LogP contribution in [0.25, 0.3) is 0 Å². The minimum absolute atomic E-state index is 0. The molecule has 0 aliphatic carbocycles. The van der Waals surface area contributed by atoms with Crippen LogP contribution in [-0.4, -0.2) is 12.1 Å². The van der Waals surface area contributed by atoms with Crippen molar-refractivity contribution in [2.24, 2.45) is 0 Å². The smallest absolute Gasteiger partial charge is 0.546 e. The summed E-state index contributed by atoms with van der Waals surface area (Å²) in [5, 5.41) is 11.2. The third-order valence-corrected chi connectivity index (χ3v) is 2.27. The Bertz CT molecular complexity index is 368. The Labute approximate surface area is 143 Å². The van der Waals surface area contributed by atoms with Crippen molar-refractivity contribution in [2.75, 3.05) is 0 Å². The first-order chi connectivity index (χ1) is 7.04. The Kier molecular flexibility index (Phi) is 7.89. The molecule has 0 aliphatic heterocycles. The number of carboxylic acid groups (broad SMARTS) is 1. The molecule has 0 fully saturated rings. The van der Waals surface area contributed by atoms with Gasteiger partial charge in [0.05, 0.1) is 5.97 Å². The molecule has 1 atom stereocenters. The third kappa shape index (κ3) is 4.73. The number of ether oxygens (including phenoxy) is 1. The summed E-state index contributed by atoms with van der Waals surface area (Å²) in [6, 6.07) is 5.04. The van der Waals surface area contributed by atoms with E-state index in [1.165, 1.54) is 0 Å². The van der Waals surface area contributed by atoms with E-state index in [1.807, 2.05) is 6.92 Å². The van der Waals surface area contributed by atoms with Gasteiger partial charge in [-0.05, 0) is 37.1 Å². The van der Waals surface area contributed by atoms with Gasteiger partial charge in [0, 0.05) is 5.02 Å². The van der Waals surface area contributed by atoms with Crippen LogP contribution in [0.3, 0.4) is 0 Å². The van der Waals surface area contributed by atoms with E-state index in [-0.39, 0.29) is 51.4 Å². The van der Waals surface area contributed by atoms with Crippen LogP contribution in [0.15, 0.2) is 18.2 Å². The second-order valence-electron chi connectivity index (χ2n) is 3.24. The van der Waals surface area contributed by atoms with Gasteiger partial charge in [-0.15, -0.1) is 0 Å². The monoisotopic (exact) mass is 266 g/mol. The topological polar surface area (TPSA) is 49.4 Å². The molecule has 0 heterocycles. The number of aryl methyl sites for hydroxylation is 1. The minimum atomic E-state index is -1.20. The van der Waals surface area contributed by atoms with E-state index in [0.29, 0.717) is 17.2 Å². The standard InChI is InChI=1S/C11H13ClO3.K/c1-3-9(11(13)14)15-10-5-4-8(12)6-7(10)2;/h4-6,9H,3H2,1-2H3,(H,13,14);/q;+1/p-1. The molecule has 3 nitrogen and oxygen atoms in total. The molecule has 5 heteroatoms. The molecular weight excluding hydrogens is 255 g/mol. The summed E-state index contributed by atoms with van der Waals surface area (Å²) in [6.45, 7) is 3.54. The van der Waals surface area contributed by atoms with Crippen molar-refractivity contribution in [1.82, 2.24) is 0 Å². The maximum absolute atomic E-state index is 10.7. The minimum Gasteiger partial charge on any atom is -0.546 e. The quantitative estimate of drug-likeness (QED) is 0.628. The van der Waals surface area contributed by atoms with Gasteiger partial charge in [0.1, 0.15) is 11.9 Å². The van der Waals surface area contributed by atoms with Crippen LogP contribution < -0.4 is 61.2 Å². The second-order valence-corrected chi connectivity index (χ2v) is 3.68. The Morgan fingerprint density at radius 3 is 2.62 bits per heavy atom. The molecule has 0 saturated carbocycles. The van der Waals surface area contributed by atoms with Crippen molar-refractivity contribution in [3.63, 3.8) is 0 Å². The fourth-order valence-corrected chi connectivity index (χ4v) is 1.42. The summed E-state index contributed by atoms with van der Waals surface area (Å²) < 4.78 is 5.29. The van der Waals surface area contributed by atoms with E-state index >= 15 is 0 Å². The number of hydrogen-bond donors (Lipinski definition) is 0. The molecular formula is C11H12ClKO3. The van der Waals surface area contributed by atoms with Crippen molar-refractivity contribution in [2.45, 2.75) is 26.4 Å². The molecule has 1 aromatic carbocycles. The van der Waals surface area contributed by atoms with Crippen LogP contribution in [0, 0.1) is 6.92 Å². The van der Waals surface area contributed by atoms with Crippen LogP contribution in [0.4, 0.5) is 0 Å². The fraction of sp³-hybridized carbons (Fsp3) is 0.364. The third-order valence-electron chi connectivity index (χ3n) is 2.04. The van der Waals surface area contributed by atoms with Gasteiger partial charge in [-0.1, -0.05) is 18.5 Å². The van der Waals surface area contributed by atoms with Crippen LogP contribution >= 0.6 is 11.6 Å². The molecule has 0 spiro atoms. The van der Waals surface area contributed by atoms with E-state index in [2.05, 4.69) is 0 Å². The summed E-state index contributed by atoms with van der Waals surface area (Å²) in [6.07, 6.45) is -0.547. The average Bonchev–Trinajstić information content (AvgIpc) is 2.16. The maximum Gasteiger partial charge on any atom is 1.00 e. The zero-order valence-corrected chi connectivity index (χ0v) is 13.5. The van der Waals surface area contributed by atoms with Gasteiger partial charge in [0.25, 0.3) is 0 Å². The predicted octanol–water partition coefficient (Wildman–Crippen LogP) is -1.44. The van der Waals surface area contributed by atoms with Gasteiger partial charge in [0.15, 0.2) is 0 Å². The van der Waals surface area contributed by atoms with Crippen LogP contribution in [0.1, 0.15) is 18.9 Å². The first-order valence-electron chi connectivity index (χ1n) is 4.68. The second kappa shape index (κ2) is 7.69.